The molecular formula is C36H41N3O4. The number of aliphatic hydroxyl groups is 1. The molecule has 7 heteroatoms. The number of hydrogen-bond donors (Lipinski definition) is 4. The van der Waals surface area contributed by atoms with Gasteiger partial charge in [-0.05, 0) is 74.2 Å². The normalized spacial score (nSPS) is 13.4. The second kappa shape index (κ2) is 14.6. The lowest BCUT2D eigenvalue weighted by Gasteiger charge is -2.31. The van der Waals surface area contributed by atoms with E-state index in [0.717, 1.165) is 22.4 Å². The van der Waals surface area contributed by atoms with Crippen LogP contribution in [-0.4, -0.2) is 42.7 Å². The van der Waals surface area contributed by atoms with Crippen LogP contribution in [0, 0.1) is 0 Å². The maximum atomic E-state index is 13.5. The highest BCUT2D eigenvalue weighted by Crippen LogP contribution is 2.24. The number of rotatable bonds is 13. The summed E-state index contributed by atoms with van der Waals surface area (Å²) in [5, 5.41) is 20.8. The Bertz CT molecular complexity index is 1490. The van der Waals surface area contributed by atoms with Crippen LogP contribution >= 0.6 is 0 Å². The van der Waals surface area contributed by atoms with Crippen molar-refractivity contribution in [3.63, 3.8) is 0 Å². The molecule has 4 N–H and O–H groups in total. The first-order chi connectivity index (χ1) is 20.7. The Hall–Kier alpha value is -4.46. The van der Waals surface area contributed by atoms with E-state index in [1.54, 1.807) is 31.4 Å². The Morgan fingerprint density at radius 1 is 0.791 bits per heavy atom. The lowest BCUT2D eigenvalue weighted by Crippen LogP contribution is -2.51. The van der Waals surface area contributed by atoms with Crippen molar-refractivity contribution >= 4 is 11.8 Å². The second-order valence-corrected chi connectivity index (χ2v) is 11.3. The van der Waals surface area contributed by atoms with Gasteiger partial charge in [-0.2, -0.15) is 0 Å². The lowest BCUT2D eigenvalue weighted by molar-refractivity contribution is 0.0813. The van der Waals surface area contributed by atoms with E-state index in [0.29, 0.717) is 17.5 Å². The van der Waals surface area contributed by atoms with Crippen LogP contribution in [0.2, 0.25) is 0 Å². The molecule has 0 unspecified atom stereocenters. The van der Waals surface area contributed by atoms with E-state index >= 15 is 0 Å². The molecule has 4 rings (SSSR count). The van der Waals surface area contributed by atoms with E-state index in [1.165, 1.54) is 0 Å². The molecule has 0 radical (unpaired) electrons. The Morgan fingerprint density at radius 2 is 1.40 bits per heavy atom. The number of ether oxygens (including phenoxy) is 1. The molecule has 3 atom stereocenters. The van der Waals surface area contributed by atoms with Crippen molar-refractivity contribution in [1.82, 2.24) is 16.0 Å². The molecule has 0 saturated heterocycles. The van der Waals surface area contributed by atoms with E-state index in [-0.39, 0.29) is 24.4 Å². The summed E-state index contributed by atoms with van der Waals surface area (Å²) in [5.41, 5.74) is 3.26. The van der Waals surface area contributed by atoms with E-state index < -0.39 is 17.7 Å². The maximum Gasteiger partial charge on any atom is 0.251 e. The fourth-order valence-corrected chi connectivity index (χ4v) is 4.93. The first-order valence-electron chi connectivity index (χ1n) is 14.5. The summed E-state index contributed by atoms with van der Waals surface area (Å²) in [6.45, 7) is 6.23. The van der Waals surface area contributed by atoms with E-state index in [9.17, 15) is 14.7 Å². The number of hydrogen-bond acceptors (Lipinski definition) is 5. The van der Waals surface area contributed by atoms with Crippen molar-refractivity contribution in [2.45, 2.75) is 50.9 Å². The van der Waals surface area contributed by atoms with Gasteiger partial charge in [0, 0.05) is 23.2 Å². The van der Waals surface area contributed by atoms with E-state index in [1.807, 2.05) is 106 Å². The Kier molecular flexibility index (Phi) is 10.7. The summed E-state index contributed by atoms with van der Waals surface area (Å²) in [4.78, 5) is 26.5. The highest BCUT2D eigenvalue weighted by molar-refractivity contribution is 5.99. The fraction of sp³-hybridized carbons (Fsp3) is 0.278. The molecule has 0 aromatic heterocycles. The molecule has 224 valence electrons. The standard InChI is InChI=1S/C36H41N3O4/c1-25(27-15-9-6-10-16-27)38-34(41)28-17-11-18-29(22-28)35(42)39-32(21-26-13-7-5-8-14-26)33(40)24-37-36(2,3)30-19-12-20-31(23-30)43-4/h5-20,22-23,25,32-33,37,40H,21,24H2,1-4H3,(H,38,41)(H,39,42)/t25-,32+,33-/m1/s1. The molecule has 2 amide bonds. The largest absolute Gasteiger partial charge is 0.497 e. The number of benzene rings is 4. The third-order valence-corrected chi connectivity index (χ3v) is 7.66. The van der Waals surface area contributed by atoms with Gasteiger partial charge < -0.3 is 25.8 Å². The van der Waals surface area contributed by atoms with Gasteiger partial charge in [-0.15, -0.1) is 0 Å². The van der Waals surface area contributed by atoms with Gasteiger partial charge in [0.2, 0.25) is 0 Å². The van der Waals surface area contributed by atoms with E-state index in [4.69, 9.17) is 4.74 Å². The van der Waals surface area contributed by atoms with Gasteiger partial charge in [0.15, 0.2) is 0 Å². The van der Waals surface area contributed by atoms with Crippen molar-refractivity contribution in [2.24, 2.45) is 0 Å². The first kappa shape index (κ1) is 31.5. The van der Waals surface area contributed by atoms with Crippen LogP contribution in [0.1, 0.15) is 64.2 Å². The number of amides is 2. The Labute approximate surface area is 254 Å². The van der Waals surface area contributed by atoms with Crippen molar-refractivity contribution in [2.75, 3.05) is 13.7 Å². The van der Waals surface area contributed by atoms with Gasteiger partial charge in [0.1, 0.15) is 5.75 Å². The van der Waals surface area contributed by atoms with Crippen LogP contribution in [0.5, 0.6) is 5.75 Å². The van der Waals surface area contributed by atoms with Crippen LogP contribution in [0.25, 0.3) is 0 Å². The van der Waals surface area contributed by atoms with E-state index in [2.05, 4.69) is 16.0 Å². The summed E-state index contributed by atoms with van der Waals surface area (Å²) >= 11 is 0. The number of nitrogens with one attached hydrogen (secondary N) is 3. The van der Waals surface area contributed by atoms with Crippen LogP contribution < -0.4 is 20.7 Å². The van der Waals surface area contributed by atoms with Crippen molar-refractivity contribution < 1.29 is 19.4 Å². The molecule has 43 heavy (non-hydrogen) atoms. The molecule has 4 aromatic carbocycles. The summed E-state index contributed by atoms with van der Waals surface area (Å²) < 4.78 is 5.38. The molecule has 0 aliphatic heterocycles. The maximum absolute atomic E-state index is 13.5. The monoisotopic (exact) mass is 579 g/mol. The van der Waals surface area contributed by atoms with Crippen molar-refractivity contribution in [3.8, 4) is 5.75 Å². The summed E-state index contributed by atoms with van der Waals surface area (Å²) in [6.07, 6.45) is -0.462. The minimum atomic E-state index is -0.896. The predicted molar refractivity (Wildman–Crippen MR) is 170 cm³/mol. The minimum Gasteiger partial charge on any atom is -0.497 e. The zero-order valence-corrected chi connectivity index (χ0v) is 25.2. The molecule has 7 nitrogen and oxygen atoms in total. The molecule has 0 fully saturated rings. The molecule has 0 bridgehead atoms. The van der Waals surface area contributed by atoms with Crippen LogP contribution in [0.3, 0.4) is 0 Å². The molecular weight excluding hydrogens is 538 g/mol. The topological polar surface area (TPSA) is 99.7 Å². The van der Waals surface area contributed by atoms with Crippen molar-refractivity contribution in [3.05, 3.63) is 137 Å². The smallest absolute Gasteiger partial charge is 0.251 e. The highest BCUT2D eigenvalue weighted by Gasteiger charge is 2.27. The van der Waals surface area contributed by atoms with Gasteiger partial charge in [0.25, 0.3) is 11.8 Å². The SMILES string of the molecule is COc1cccc(C(C)(C)NC[C@@H](O)[C@H](Cc2ccccc2)NC(=O)c2cccc(C(=O)N[C@H](C)c3ccccc3)c2)c1. The molecule has 4 aromatic rings. The zero-order valence-electron chi connectivity index (χ0n) is 25.2. The van der Waals surface area contributed by atoms with Gasteiger partial charge in [0.05, 0.1) is 25.3 Å². The Balaban J connectivity index is 1.46. The van der Waals surface area contributed by atoms with Crippen LogP contribution in [0.15, 0.2) is 109 Å². The molecule has 0 spiro atoms. The predicted octanol–water partition coefficient (Wildman–Crippen LogP) is 5.41. The molecule has 0 saturated carbocycles. The number of carbonyl (C=O) groups excluding carboxylic acids is 2. The fourth-order valence-electron chi connectivity index (χ4n) is 4.93. The summed E-state index contributed by atoms with van der Waals surface area (Å²) in [6, 6.07) is 33.1. The highest BCUT2D eigenvalue weighted by atomic mass is 16.5. The third-order valence-electron chi connectivity index (χ3n) is 7.66. The van der Waals surface area contributed by atoms with Gasteiger partial charge in [-0.25, -0.2) is 0 Å². The second-order valence-electron chi connectivity index (χ2n) is 11.3. The third kappa shape index (κ3) is 8.77. The Morgan fingerprint density at radius 3 is 2.05 bits per heavy atom. The quantitative estimate of drug-likeness (QED) is 0.170. The summed E-state index contributed by atoms with van der Waals surface area (Å²) in [7, 11) is 1.63. The number of methoxy groups -OCH3 is 1. The van der Waals surface area contributed by atoms with Gasteiger partial charge in [-0.3, -0.25) is 9.59 Å². The average molecular weight is 580 g/mol. The van der Waals surface area contributed by atoms with Gasteiger partial charge >= 0.3 is 0 Å². The minimum absolute atomic E-state index is 0.190. The summed E-state index contributed by atoms with van der Waals surface area (Å²) in [5.74, 6) is 0.126. The van der Waals surface area contributed by atoms with Crippen molar-refractivity contribution in [1.29, 1.82) is 0 Å². The first-order valence-corrected chi connectivity index (χ1v) is 14.5. The van der Waals surface area contributed by atoms with Crippen LogP contribution in [-0.2, 0) is 12.0 Å². The number of aliphatic hydroxyl groups excluding tert-OH is 1. The lowest BCUT2D eigenvalue weighted by atomic mass is 9.93. The van der Waals surface area contributed by atoms with Crippen LogP contribution in [0.4, 0.5) is 0 Å². The molecule has 0 aliphatic carbocycles. The molecule has 0 aliphatic rings. The number of carbonyl (C=O) groups is 2. The van der Waals surface area contributed by atoms with Gasteiger partial charge in [-0.1, -0.05) is 78.9 Å². The average Bonchev–Trinajstić information content (AvgIpc) is 3.04. The molecule has 0 heterocycles. The zero-order chi connectivity index (χ0) is 30.8.